The summed E-state index contributed by atoms with van der Waals surface area (Å²) < 4.78 is 33.3. The first-order valence-electron chi connectivity index (χ1n) is 42.4. The van der Waals surface area contributed by atoms with Gasteiger partial charge in [0.25, 0.3) is 0 Å². The predicted molar refractivity (Wildman–Crippen MR) is 431 cm³/mol. The third-order valence-electron chi connectivity index (χ3n) is 18.7. The second-order valence-corrected chi connectivity index (χ2v) is 29.8. The molecule has 0 aliphatic heterocycles. The van der Waals surface area contributed by atoms with Crippen LogP contribution in [-0.4, -0.2) is 49.3 Å². The molecule has 0 bridgehead atoms. The SMILES string of the molecule is CC/C=C\C/C=C\C/C=C\C/C=C\C/C=C\C/C=C\C/C=C\C/C=C\C/C=C\CCCCCCCCCCCCCCCC(=O)OC(COC(=O)CCCCCCCCCCCCCCCCCCCCCCCCCCCCCCCCCCCCCCC)COP(=O)(O)OCCN. The smallest absolute Gasteiger partial charge is 0.462 e. The second kappa shape index (κ2) is 83.6. The van der Waals surface area contributed by atoms with Crippen LogP contribution in [0.5, 0.6) is 0 Å². The van der Waals surface area contributed by atoms with Crippen molar-refractivity contribution >= 4 is 19.8 Å². The van der Waals surface area contributed by atoms with Gasteiger partial charge in [0.15, 0.2) is 6.10 Å². The summed E-state index contributed by atoms with van der Waals surface area (Å²) in [6.07, 6.45) is 117. The Kier molecular flexibility index (Phi) is 80.8. The standard InChI is InChI=1S/C89H160NO8P/c1-3-5-7-9-11-13-15-17-19-21-23-25-27-29-31-33-35-37-39-41-42-43-44-46-48-50-52-54-56-58-60-62-64-66-68-70-72-74-76-78-80-82-89(92)98-87(86-97-99(93,94)96-84-83-90)85-95-88(91)81-79-77-75-73-71-69-67-65-63-61-59-57-55-53-51-49-47-45-40-38-36-34-32-30-28-26-24-22-20-18-16-14-12-10-8-6-4-2/h5,7,11,13,17,19,23,25,29,31,35,37,41-42,44,46,50,52,87H,3-4,6,8-10,12,14-16,18,20-22,24,26-28,30,32-34,36,38-40,43,45,47-49,51,53-86,90H2,1-2H3,(H,93,94)/b7-5-,13-11-,19-17-,25-23-,31-29-,37-35-,42-41-,46-44-,52-50-. The van der Waals surface area contributed by atoms with Crippen molar-refractivity contribution in [3.63, 3.8) is 0 Å². The maximum atomic E-state index is 12.8. The molecule has 0 radical (unpaired) electrons. The molecule has 0 saturated heterocycles. The molecule has 0 aromatic carbocycles. The van der Waals surface area contributed by atoms with Crippen molar-refractivity contribution in [2.45, 2.75) is 418 Å². The van der Waals surface area contributed by atoms with Gasteiger partial charge < -0.3 is 20.1 Å². The van der Waals surface area contributed by atoms with Crippen molar-refractivity contribution in [3.8, 4) is 0 Å². The van der Waals surface area contributed by atoms with Crippen LogP contribution in [-0.2, 0) is 32.7 Å². The molecule has 0 rings (SSSR count). The third-order valence-corrected chi connectivity index (χ3v) is 19.7. The highest BCUT2D eigenvalue weighted by Crippen LogP contribution is 2.43. The van der Waals surface area contributed by atoms with Gasteiger partial charge in [-0.2, -0.15) is 0 Å². The monoisotopic (exact) mass is 1400 g/mol. The van der Waals surface area contributed by atoms with Gasteiger partial charge in [-0.05, 0) is 83.5 Å². The average Bonchev–Trinajstić information content (AvgIpc) is 1.19. The van der Waals surface area contributed by atoms with Crippen LogP contribution in [0.2, 0.25) is 0 Å². The van der Waals surface area contributed by atoms with Crippen molar-refractivity contribution < 1.29 is 37.6 Å². The molecule has 0 spiro atoms. The van der Waals surface area contributed by atoms with Crippen LogP contribution in [0.25, 0.3) is 0 Å². The Labute approximate surface area is 613 Å². The summed E-state index contributed by atoms with van der Waals surface area (Å²) >= 11 is 0. The molecule has 0 aliphatic rings. The summed E-state index contributed by atoms with van der Waals surface area (Å²) in [5, 5.41) is 0. The molecule has 0 amide bonds. The lowest BCUT2D eigenvalue weighted by Crippen LogP contribution is -2.29. The van der Waals surface area contributed by atoms with E-state index in [4.69, 9.17) is 24.3 Å². The van der Waals surface area contributed by atoms with Crippen molar-refractivity contribution in [1.82, 2.24) is 0 Å². The van der Waals surface area contributed by atoms with E-state index in [1.165, 1.54) is 283 Å². The molecule has 0 aliphatic carbocycles. The Morgan fingerprint density at radius 1 is 0.313 bits per heavy atom. The molecule has 0 aromatic rings. The topological polar surface area (TPSA) is 134 Å². The van der Waals surface area contributed by atoms with E-state index in [1.54, 1.807) is 0 Å². The first-order valence-corrected chi connectivity index (χ1v) is 43.9. The third kappa shape index (κ3) is 83.5. The average molecular weight is 1400 g/mol. The van der Waals surface area contributed by atoms with E-state index in [-0.39, 0.29) is 38.6 Å². The maximum absolute atomic E-state index is 12.8. The zero-order valence-electron chi connectivity index (χ0n) is 65.0. The van der Waals surface area contributed by atoms with Gasteiger partial charge in [-0.1, -0.05) is 425 Å². The Bertz CT molecular complexity index is 2000. The summed E-state index contributed by atoms with van der Waals surface area (Å²) in [5.74, 6) is -0.814. The zero-order chi connectivity index (χ0) is 71.5. The van der Waals surface area contributed by atoms with Crippen molar-refractivity contribution in [3.05, 3.63) is 109 Å². The summed E-state index contributed by atoms with van der Waals surface area (Å²) in [7, 11) is -4.40. The number of allylic oxidation sites excluding steroid dienone is 18. The Morgan fingerprint density at radius 3 is 0.828 bits per heavy atom. The molecule has 9 nitrogen and oxygen atoms in total. The van der Waals surface area contributed by atoms with E-state index in [0.29, 0.717) is 6.42 Å². The van der Waals surface area contributed by atoms with Gasteiger partial charge in [0.2, 0.25) is 0 Å². The summed E-state index contributed by atoms with van der Waals surface area (Å²) in [6.45, 7) is 3.69. The lowest BCUT2D eigenvalue weighted by Gasteiger charge is -2.19. The number of unbranched alkanes of at least 4 members (excludes halogenated alkanes) is 49. The van der Waals surface area contributed by atoms with Crippen LogP contribution in [0.4, 0.5) is 0 Å². The molecule has 574 valence electrons. The summed E-state index contributed by atoms with van der Waals surface area (Å²) in [4.78, 5) is 35.5. The van der Waals surface area contributed by atoms with Crippen molar-refractivity contribution in [1.29, 1.82) is 0 Å². The Balaban J connectivity index is 3.80. The van der Waals surface area contributed by atoms with E-state index < -0.39 is 26.5 Å². The number of carbonyl (C=O) groups is 2. The van der Waals surface area contributed by atoms with E-state index in [1.807, 2.05) is 0 Å². The van der Waals surface area contributed by atoms with E-state index in [9.17, 15) is 19.0 Å². The fourth-order valence-electron chi connectivity index (χ4n) is 12.5. The molecule has 0 fully saturated rings. The fraction of sp³-hybridized carbons (Fsp3) is 0.775. The first-order chi connectivity index (χ1) is 48.8. The predicted octanol–water partition coefficient (Wildman–Crippen LogP) is 28.8. The highest BCUT2D eigenvalue weighted by molar-refractivity contribution is 7.47. The molecule has 0 heterocycles. The van der Waals surface area contributed by atoms with Crippen LogP contribution < -0.4 is 5.73 Å². The number of esters is 2. The van der Waals surface area contributed by atoms with E-state index in [0.717, 1.165) is 96.3 Å². The van der Waals surface area contributed by atoms with Crippen LogP contribution in [0.1, 0.15) is 412 Å². The minimum Gasteiger partial charge on any atom is -0.462 e. The minimum atomic E-state index is -4.40. The van der Waals surface area contributed by atoms with Crippen LogP contribution >= 0.6 is 7.82 Å². The summed E-state index contributed by atoms with van der Waals surface area (Å²) in [5.41, 5.74) is 5.42. The quantitative estimate of drug-likeness (QED) is 0.0264. The number of rotatable bonds is 80. The molecule has 2 atom stereocenters. The second-order valence-electron chi connectivity index (χ2n) is 28.3. The highest BCUT2D eigenvalue weighted by atomic mass is 31.2. The van der Waals surface area contributed by atoms with Gasteiger partial charge in [-0.25, -0.2) is 4.57 Å². The van der Waals surface area contributed by atoms with Gasteiger partial charge in [-0.3, -0.25) is 18.6 Å². The van der Waals surface area contributed by atoms with Gasteiger partial charge in [0.1, 0.15) is 6.61 Å². The molecule has 10 heteroatoms. The molecule has 2 unspecified atom stereocenters. The first kappa shape index (κ1) is 95.7. The minimum absolute atomic E-state index is 0.0517. The Hall–Kier alpha value is -3.33. The fourth-order valence-corrected chi connectivity index (χ4v) is 13.2. The van der Waals surface area contributed by atoms with Crippen LogP contribution in [0.15, 0.2) is 109 Å². The number of carbonyl (C=O) groups excluding carboxylic acids is 2. The number of hydrogen-bond acceptors (Lipinski definition) is 8. The van der Waals surface area contributed by atoms with Gasteiger partial charge in [0, 0.05) is 19.4 Å². The van der Waals surface area contributed by atoms with Gasteiger partial charge in [0.05, 0.1) is 13.2 Å². The van der Waals surface area contributed by atoms with Gasteiger partial charge in [-0.15, -0.1) is 0 Å². The van der Waals surface area contributed by atoms with Gasteiger partial charge >= 0.3 is 19.8 Å². The molecular formula is C89H160NO8P. The normalized spacial score (nSPS) is 13.4. The van der Waals surface area contributed by atoms with E-state index in [2.05, 4.69) is 123 Å². The number of ether oxygens (including phenoxy) is 2. The lowest BCUT2D eigenvalue weighted by molar-refractivity contribution is -0.161. The largest absolute Gasteiger partial charge is 0.472 e. The molecule has 0 saturated carbocycles. The molecular weight excluding hydrogens is 1240 g/mol. The Morgan fingerprint density at radius 2 is 0.556 bits per heavy atom. The number of hydrogen-bond donors (Lipinski definition) is 2. The molecule has 0 aromatic heterocycles. The molecule has 3 N–H and O–H groups in total. The van der Waals surface area contributed by atoms with Crippen molar-refractivity contribution in [2.24, 2.45) is 5.73 Å². The van der Waals surface area contributed by atoms with Crippen LogP contribution in [0.3, 0.4) is 0 Å². The highest BCUT2D eigenvalue weighted by Gasteiger charge is 2.26. The van der Waals surface area contributed by atoms with Crippen LogP contribution in [0, 0.1) is 0 Å². The lowest BCUT2D eigenvalue weighted by atomic mass is 10.0. The number of phosphoric ester groups is 1. The number of phosphoric acid groups is 1. The maximum Gasteiger partial charge on any atom is 0.472 e. The number of nitrogens with two attached hydrogens (primary N) is 1. The zero-order valence-corrected chi connectivity index (χ0v) is 65.9. The summed E-state index contributed by atoms with van der Waals surface area (Å²) in [6, 6.07) is 0. The van der Waals surface area contributed by atoms with E-state index >= 15 is 0 Å². The van der Waals surface area contributed by atoms with Crippen molar-refractivity contribution in [2.75, 3.05) is 26.4 Å². The molecule has 99 heavy (non-hydrogen) atoms.